The van der Waals surface area contributed by atoms with Crippen molar-refractivity contribution in [3.63, 3.8) is 0 Å². The maximum absolute atomic E-state index is 13.7. The van der Waals surface area contributed by atoms with Crippen LogP contribution in [0.25, 0.3) is 10.9 Å². The van der Waals surface area contributed by atoms with E-state index in [1.807, 2.05) is 12.1 Å². The summed E-state index contributed by atoms with van der Waals surface area (Å²) in [6, 6.07) is 6.98. The lowest BCUT2D eigenvalue weighted by atomic mass is 10.1. The van der Waals surface area contributed by atoms with E-state index in [0.29, 0.717) is 13.1 Å². The Morgan fingerprint density at radius 1 is 1.30 bits per heavy atom. The van der Waals surface area contributed by atoms with Crippen molar-refractivity contribution in [1.29, 1.82) is 0 Å². The fourth-order valence-corrected chi connectivity index (χ4v) is 2.36. The second-order valence-corrected chi connectivity index (χ2v) is 5.51. The maximum atomic E-state index is 13.7. The molecule has 0 radical (unpaired) electrons. The Kier molecular flexibility index (Phi) is 4.68. The number of aliphatic hydroxyl groups is 1. The van der Waals surface area contributed by atoms with E-state index in [2.05, 4.69) is 23.7 Å². The molecule has 4 heteroatoms. The lowest BCUT2D eigenvalue weighted by Gasteiger charge is -2.28. The van der Waals surface area contributed by atoms with Crippen LogP contribution in [0.1, 0.15) is 26.3 Å². The van der Waals surface area contributed by atoms with Crippen LogP contribution >= 0.6 is 0 Å². The number of pyridine rings is 1. The van der Waals surface area contributed by atoms with E-state index in [0.717, 1.165) is 16.5 Å². The molecule has 0 saturated carbocycles. The van der Waals surface area contributed by atoms with Crippen LogP contribution in [0.2, 0.25) is 0 Å². The first-order chi connectivity index (χ1) is 9.47. The van der Waals surface area contributed by atoms with E-state index in [1.165, 1.54) is 12.1 Å². The largest absolute Gasteiger partial charge is 0.392 e. The number of hydrogen-bond donors (Lipinski definition) is 1. The molecule has 0 bridgehead atoms. The lowest BCUT2D eigenvalue weighted by molar-refractivity contribution is 0.103. The Hall–Kier alpha value is -1.52. The number of fused-ring (bicyclic) bond motifs is 1. The summed E-state index contributed by atoms with van der Waals surface area (Å²) < 4.78 is 13.7. The minimum atomic E-state index is -0.412. The van der Waals surface area contributed by atoms with Gasteiger partial charge in [-0.15, -0.1) is 0 Å². The first-order valence-corrected chi connectivity index (χ1v) is 6.92. The molecule has 1 atom stereocenters. The van der Waals surface area contributed by atoms with Gasteiger partial charge in [-0.25, -0.2) is 4.39 Å². The third-order valence-electron chi connectivity index (χ3n) is 3.35. The Morgan fingerprint density at radius 3 is 2.70 bits per heavy atom. The van der Waals surface area contributed by atoms with E-state index in [-0.39, 0.29) is 11.9 Å². The van der Waals surface area contributed by atoms with Gasteiger partial charge in [0.1, 0.15) is 5.82 Å². The minimum Gasteiger partial charge on any atom is -0.392 e. The predicted molar refractivity (Wildman–Crippen MR) is 78.9 cm³/mol. The molecule has 2 rings (SSSR count). The SMILES string of the molecule is CC(C)N(Cc1cc(F)cc2cccnc12)C[C@H](C)O. The van der Waals surface area contributed by atoms with Crippen molar-refractivity contribution < 1.29 is 9.50 Å². The van der Waals surface area contributed by atoms with Gasteiger partial charge in [0.25, 0.3) is 0 Å². The average molecular weight is 276 g/mol. The van der Waals surface area contributed by atoms with E-state index >= 15 is 0 Å². The number of rotatable bonds is 5. The lowest BCUT2D eigenvalue weighted by Crippen LogP contribution is -2.36. The highest BCUT2D eigenvalue weighted by atomic mass is 19.1. The van der Waals surface area contributed by atoms with Crippen molar-refractivity contribution in [3.8, 4) is 0 Å². The molecule has 1 aromatic heterocycles. The Morgan fingerprint density at radius 2 is 2.05 bits per heavy atom. The summed E-state index contributed by atoms with van der Waals surface area (Å²) in [4.78, 5) is 6.48. The summed E-state index contributed by atoms with van der Waals surface area (Å²) in [5.41, 5.74) is 1.68. The topological polar surface area (TPSA) is 36.4 Å². The molecule has 3 nitrogen and oxygen atoms in total. The van der Waals surface area contributed by atoms with E-state index in [9.17, 15) is 9.50 Å². The molecule has 0 aliphatic rings. The average Bonchev–Trinajstić information content (AvgIpc) is 2.37. The summed E-state index contributed by atoms with van der Waals surface area (Å²) in [5, 5.41) is 10.4. The standard InChI is InChI=1S/C16H21FN2O/c1-11(2)19(9-12(3)20)10-14-8-15(17)7-13-5-4-6-18-16(13)14/h4-8,11-12,20H,9-10H2,1-3H3/t12-/m0/s1. The van der Waals surface area contributed by atoms with Gasteiger partial charge >= 0.3 is 0 Å². The summed E-state index contributed by atoms with van der Waals surface area (Å²) in [5.74, 6) is -0.249. The highest BCUT2D eigenvalue weighted by Crippen LogP contribution is 2.20. The third-order valence-corrected chi connectivity index (χ3v) is 3.35. The zero-order valence-corrected chi connectivity index (χ0v) is 12.2. The molecule has 0 saturated heterocycles. The number of aromatic nitrogens is 1. The molecule has 0 fully saturated rings. The van der Waals surface area contributed by atoms with Crippen molar-refractivity contribution in [3.05, 3.63) is 41.8 Å². The minimum absolute atomic E-state index is 0.249. The van der Waals surface area contributed by atoms with Crippen LogP contribution < -0.4 is 0 Å². The Labute approximate surface area is 119 Å². The summed E-state index contributed by atoms with van der Waals surface area (Å²) in [6.45, 7) is 7.03. The summed E-state index contributed by atoms with van der Waals surface area (Å²) >= 11 is 0. The van der Waals surface area contributed by atoms with Crippen LogP contribution in [0.15, 0.2) is 30.5 Å². The van der Waals surface area contributed by atoms with E-state index in [4.69, 9.17) is 0 Å². The van der Waals surface area contributed by atoms with Crippen LogP contribution in [0, 0.1) is 5.82 Å². The fourth-order valence-electron chi connectivity index (χ4n) is 2.36. The molecule has 20 heavy (non-hydrogen) atoms. The Balaban J connectivity index is 2.36. The molecule has 1 N–H and O–H groups in total. The number of nitrogens with zero attached hydrogens (tertiary/aromatic N) is 2. The Bertz CT molecular complexity index is 584. The molecule has 0 spiro atoms. The monoisotopic (exact) mass is 276 g/mol. The van der Waals surface area contributed by atoms with Gasteiger partial charge in [0.2, 0.25) is 0 Å². The first kappa shape index (κ1) is 14.9. The molecule has 0 aliphatic heterocycles. The summed E-state index contributed by atoms with van der Waals surface area (Å²) in [6.07, 6.45) is 1.31. The van der Waals surface area contributed by atoms with Crippen molar-refractivity contribution in [2.45, 2.75) is 39.5 Å². The van der Waals surface area contributed by atoms with Crippen LogP contribution in [0.4, 0.5) is 4.39 Å². The van der Waals surface area contributed by atoms with E-state index in [1.54, 1.807) is 13.1 Å². The second-order valence-electron chi connectivity index (χ2n) is 5.51. The number of halogens is 1. The molecule has 0 amide bonds. The van der Waals surface area contributed by atoms with Crippen LogP contribution in [-0.2, 0) is 6.54 Å². The highest BCUT2D eigenvalue weighted by molar-refractivity contribution is 5.81. The molecular weight excluding hydrogens is 255 g/mol. The van der Waals surface area contributed by atoms with Crippen LogP contribution in [-0.4, -0.2) is 33.7 Å². The van der Waals surface area contributed by atoms with Gasteiger partial charge in [-0.3, -0.25) is 9.88 Å². The first-order valence-electron chi connectivity index (χ1n) is 6.92. The second kappa shape index (κ2) is 6.29. The van der Waals surface area contributed by atoms with Crippen molar-refractivity contribution in [2.24, 2.45) is 0 Å². The predicted octanol–water partition coefficient (Wildman–Crippen LogP) is 2.97. The molecular formula is C16H21FN2O. The zero-order chi connectivity index (χ0) is 14.7. The molecule has 1 heterocycles. The van der Waals surface area contributed by atoms with Gasteiger partial charge in [0, 0.05) is 30.7 Å². The quantitative estimate of drug-likeness (QED) is 0.912. The van der Waals surface area contributed by atoms with Gasteiger partial charge in [-0.2, -0.15) is 0 Å². The molecule has 108 valence electrons. The number of aliphatic hydroxyl groups excluding tert-OH is 1. The molecule has 1 aromatic carbocycles. The van der Waals surface area contributed by atoms with Crippen molar-refractivity contribution >= 4 is 10.9 Å². The van der Waals surface area contributed by atoms with Gasteiger partial charge in [0.15, 0.2) is 0 Å². The molecule has 0 aliphatic carbocycles. The molecule has 2 aromatic rings. The van der Waals surface area contributed by atoms with Gasteiger partial charge in [-0.05, 0) is 44.5 Å². The van der Waals surface area contributed by atoms with Crippen molar-refractivity contribution in [2.75, 3.05) is 6.54 Å². The fraction of sp³-hybridized carbons (Fsp3) is 0.438. The zero-order valence-electron chi connectivity index (χ0n) is 12.2. The van der Waals surface area contributed by atoms with E-state index < -0.39 is 6.10 Å². The summed E-state index contributed by atoms with van der Waals surface area (Å²) in [7, 11) is 0. The third kappa shape index (κ3) is 3.52. The molecule has 0 unspecified atom stereocenters. The van der Waals surface area contributed by atoms with Gasteiger partial charge < -0.3 is 5.11 Å². The van der Waals surface area contributed by atoms with Gasteiger partial charge in [0.05, 0.1) is 11.6 Å². The highest BCUT2D eigenvalue weighted by Gasteiger charge is 2.15. The number of benzene rings is 1. The van der Waals surface area contributed by atoms with Gasteiger partial charge in [-0.1, -0.05) is 6.07 Å². The van der Waals surface area contributed by atoms with Crippen molar-refractivity contribution in [1.82, 2.24) is 9.88 Å². The number of hydrogen-bond acceptors (Lipinski definition) is 3. The smallest absolute Gasteiger partial charge is 0.124 e. The maximum Gasteiger partial charge on any atom is 0.124 e. The van der Waals surface area contributed by atoms with Crippen LogP contribution in [0.5, 0.6) is 0 Å². The van der Waals surface area contributed by atoms with Crippen LogP contribution in [0.3, 0.4) is 0 Å². The normalized spacial score (nSPS) is 13.3.